The van der Waals surface area contributed by atoms with Crippen molar-refractivity contribution >= 4 is 50.0 Å². The summed E-state index contributed by atoms with van der Waals surface area (Å²) in [6, 6.07) is 9.09. The quantitative estimate of drug-likeness (QED) is 0.369. The lowest BCUT2D eigenvalue weighted by atomic mass is 10.3. The highest BCUT2D eigenvalue weighted by Crippen LogP contribution is 2.23. The fourth-order valence-corrected chi connectivity index (χ4v) is 2.23. The van der Waals surface area contributed by atoms with E-state index >= 15 is 0 Å². The number of halogens is 1. The summed E-state index contributed by atoms with van der Waals surface area (Å²) in [5, 5.41) is 22.5. The number of fused-ring (bicyclic) bond motifs is 1. The van der Waals surface area contributed by atoms with E-state index in [0.29, 0.717) is 22.6 Å². The van der Waals surface area contributed by atoms with Crippen LogP contribution in [0.15, 0.2) is 39.9 Å². The molecule has 0 aliphatic carbocycles. The van der Waals surface area contributed by atoms with Gasteiger partial charge in [0.1, 0.15) is 18.1 Å². The molecule has 2 heterocycles. The van der Waals surface area contributed by atoms with Crippen LogP contribution in [0.4, 0.5) is 11.5 Å². The highest BCUT2D eigenvalue weighted by atomic mass is 79.9. The number of anilines is 2. The van der Waals surface area contributed by atoms with Gasteiger partial charge in [0, 0.05) is 10.5 Å². The van der Waals surface area contributed by atoms with E-state index in [1.165, 1.54) is 0 Å². The van der Waals surface area contributed by atoms with Crippen LogP contribution in [-0.4, -0.2) is 38.4 Å². The van der Waals surface area contributed by atoms with Gasteiger partial charge in [-0.05, 0) is 31.2 Å². The first-order valence-electron chi connectivity index (χ1n) is 7.26. The van der Waals surface area contributed by atoms with Crippen LogP contribution in [0.3, 0.4) is 0 Å². The first-order valence-corrected chi connectivity index (χ1v) is 8.05. The fourth-order valence-electron chi connectivity index (χ4n) is 1.96. The second kappa shape index (κ2) is 7.26. The highest BCUT2D eigenvalue weighted by Gasteiger charge is 2.12. The van der Waals surface area contributed by atoms with Gasteiger partial charge in [-0.25, -0.2) is 4.98 Å². The molecule has 2 aromatic heterocycles. The lowest BCUT2D eigenvalue weighted by Gasteiger charge is -2.09. The summed E-state index contributed by atoms with van der Waals surface area (Å²) in [5.74, 6) is 0.697. The third-order valence-electron chi connectivity index (χ3n) is 3.24. The Morgan fingerprint density at radius 3 is 2.84 bits per heavy atom. The molecule has 0 bridgehead atoms. The number of rotatable bonds is 6. The lowest BCUT2D eigenvalue weighted by molar-refractivity contribution is 0.381. The first-order chi connectivity index (χ1) is 12.0. The van der Waals surface area contributed by atoms with Gasteiger partial charge < -0.3 is 15.9 Å². The van der Waals surface area contributed by atoms with Crippen molar-refractivity contribution in [3.8, 4) is 5.75 Å². The summed E-state index contributed by atoms with van der Waals surface area (Å²) in [5.41, 5.74) is 11.0. The van der Waals surface area contributed by atoms with Gasteiger partial charge in [-0.1, -0.05) is 15.9 Å². The maximum Gasteiger partial charge on any atom is 0.207 e. The molecule has 0 aliphatic heterocycles. The summed E-state index contributed by atoms with van der Waals surface area (Å²) in [6.45, 7) is 1.71. The average Bonchev–Trinajstić information content (AvgIpc) is 3.04. The van der Waals surface area contributed by atoms with E-state index in [0.717, 1.165) is 10.2 Å². The third-order valence-corrected chi connectivity index (χ3v) is 3.77. The molecule has 3 aromatic rings. The number of hydrazone groups is 1. The van der Waals surface area contributed by atoms with E-state index in [1.807, 2.05) is 24.3 Å². The molecule has 0 fully saturated rings. The van der Waals surface area contributed by atoms with Gasteiger partial charge in [-0.2, -0.15) is 15.4 Å². The number of nitrogens with one attached hydrogen (secondary N) is 3. The molecule has 0 amide bonds. The van der Waals surface area contributed by atoms with Crippen molar-refractivity contribution in [2.45, 2.75) is 6.92 Å². The number of nitrogens with zero attached hydrogens (tertiary/aromatic N) is 4. The van der Waals surface area contributed by atoms with E-state index < -0.39 is 0 Å². The predicted octanol–water partition coefficient (Wildman–Crippen LogP) is 2.58. The SMILES string of the molecule is CC(=N)/C(COc1cc(N)nc2n[nH]nc12)=N\Nc1ccc(Br)cc1. The molecule has 0 aliphatic rings. The zero-order chi connectivity index (χ0) is 17.8. The van der Waals surface area contributed by atoms with E-state index in [4.69, 9.17) is 15.9 Å². The summed E-state index contributed by atoms with van der Waals surface area (Å²) < 4.78 is 6.70. The van der Waals surface area contributed by atoms with Crippen molar-refractivity contribution in [3.63, 3.8) is 0 Å². The molecule has 9 nitrogen and oxygen atoms in total. The van der Waals surface area contributed by atoms with Crippen LogP contribution in [0, 0.1) is 5.41 Å². The van der Waals surface area contributed by atoms with E-state index in [1.54, 1.807) is 13.0 Å². The van der Waals surface area contributed by atoms with Crippen molar-refractivity contribution in [2.75, 3.05) is 17.8 Å². The number of nitrogens with two attached hydrogens (primary N) is 1. The zero-order valence-electron chi connectivity index (χ0n) is 13.2. The molecule has 5 N–H and O–H groups in total. The van der Waals surface area contributed by atoms with E-state index in [9.17, 15) is 0 Å². The van der Waals surface area contributed by atoms with Crippen molar-refractivity contribution in [2.24, 2.45) is 5.10 Å². The van der Waals surface area contributed by atoms with Gasteiger partial charge in [0.25, 0.3) is 0 Å². The number of hydrogen-bond donors (Lipinski definition) is 4. The van der Waals surface area contributed by atoms with Gasteiger partial charge in [-0.15, -0.1) is 5.10 Å². The number of benzene rings is 1. The first kappa shape index (κ1) is 16.8. The minimum atomic E-state index is 0.0737. The van der Waals surface area contributed by atoms with Gasteiger partial charge in [0.05, 0.1) is 11.4 Å². The molecule has 0 saturated carbocycles. The van der Waals surface area contributed by atoms with Gasteiger partial charge in [0.2, 0.25) is 5.65 Å². The Hall–Kier alpha value is -3.01. The van der Waals surface area contributed by atoms with Crippen LogP contribution in [-0.2, 0) is 0 Å². The van der Waals surface area contributed by atoms with Crippen molar-refractivity contribution < 1.29 is 4.74 Å². The van der Waals surface area contributed by atoms with Gasteiger partial charge in [-0.3, -0.25) is 5.43 Å². The second-order valence-electron chi connectivity index (χ2n) is 5.13. The minimum Gasteiger partial charge on any atom is -0.485 e. The van der Waals surface area contributed by atoms with Crippen LogP contribution in [0.25, 0.3) is 11.2 Å². The van der Waals surface area contributed by atoms with Crippen LogP contribution in [0.1, 0.15) is 6.92 Å². The maximum absolute atomic E-state index is 7.86. The Morgan fingerprint density at radius 1 is 1.36 bits per heavy atom. The lowest BCUT2D eigenvalue weighted by Crippen LogP contribution is -2.20. The number of H-pyrrole nitrogens is 1. The van der Waals surface area contributed by atoms with Gasteiger partial charge in [0.15, 0.2) is 11.3 Å². The Kier molecular flexibility index (Phi) is 4.89. The Morgan fingerprint density at radius 2 is 2.12 bits per heavy atom. The zero-order valence-corrected chi connectivity index (χ0v) is 14.8. The van der Waals surface area contributed by atoms with E-state index in [-0.39, 0.29) is 18.1 Å². The average molecular weight is 403 g/mol. The highest BCUT2D eigenvalue weighted by molar-refractivity contribution is 9.10. The van der Waals surface area contributed by atoms with Gasteiger partial charge >= 0.3 is 0 Å². The number of aromatic nitrogens is 4. The smallest absolute Gasteiger partial charge is 0.207 e. The molecule has 0 atom stereocenters. The molecule has 128 valence electrons. The molecule has 10 heteroatoms. The molecule has 0 spiro atoms. The summed E-state index contributed by atoms with van der Waals surface area (Å²) in [6.07, 6.45) is 0. The molecular weight excluding hydrogens is 388 g/mol. The second-order valence-corrected chi connectivity index (χ2v) is 6.05. The molecule has 3 rings (SSSR count). The molecule has 0 saturated heterocycles. The topological polar surface area (TPSA) is 138 Å². The number of ether oxygens (including phenoxy) is 1. The number of aromatic amines is 1. The number of nitrogen functional groups attached to an aromatic ring is 1. The van der Waals surface area contributed by atoms with E-state index in [2.05, 4.69) is 46.9 Å². The number of pyridine rings is 1. The van der Waals surface area contributed by atoms with Crippen LogP contribution in [0.5, 0.6) is 5.75 Å². The van der Waals surface area contributed by atoms with Crippen molar-refractivity contribution in [1.29, 1.82) is 5.41 Å². The Bertz CT molecular complexity index is 934. The van der Waals surface area contributed by atoms with Crippen LogP contribution < -0.4 is 15.9 Å². The third kappa shape index (κ3) is 4.10. The largest absolute Gasteiger partial charge is 0.485 e. The van der Waals surface area contributed by atoms with Crippen molar-refractivity contribution in [1.82, 2.24) is 20.4 Å². The molecular formula is C15H15BrN8O. The van der Waals surface area contributed by atoms with Crippen molar-refractivity contribution in [3.05, 3.63) is 34.8 Å². The Labute approximate surface area is 151 Å². The van der Waals surface area contributed by atoms with Crippen LogP contribution >= 0.6 is 15.9 Å². The molecule has 25 heavy (non-hydrogen) atoms. The predicted molar refractivity (Wildman–Crippen MR) is 100 cm³/mol. The Balaban J connectivity index is 1.75. The molecule has 0 radical (unpaired) electrons. The monoisotopic (exact) mass is 402 g/mol. The normalized spacial score (nSPS) is 11.5. The van der Waals surface area contributed by atoms with Crippen LogP contribution in [0.2, 0.25) is 0 Å². The summed E-state index contributed by atoms with van der Waals surface area (Å²) in [4.78, 5) is 4.05. The standard InChI is InChI=1S/C15H15BrN8O/c1-8(17)11(21-20-10-4-2-9(16)3-5-10)7-25-12-6-13(18)19-15-14(12)22-24-23-15/h2-6,17,20H,7H2,1H3,(H3,18,19,22,23,24)/b17-8?,21-11-. The molecule has 0 unspecified atom stereocenters. The maximum atomic E-state index is 7.86. The summed E-state index contributed by atoms with van der Waals surface area (Å²) in [7, 11) is 0. The molecule has 1 aromatic carbocycles. The minimum absolute atomic E-state index is 0.0737. The fraction of sp³-hybridized carbons (Fsp3) is 0.133. The summed E-state index contributed by atoms with van der Waals surface area (Å²) >= 11 is 3.38. The number of hydrogen-bond acceptors (Lipinski definition) is 8.